The molecule has 2 rings (SSSR count). The molecule has 0 aliphatic rings. The SMILES string of the molecule is CC(Cc1ccc(F)cc1)NC(C)c1cccc(C#N)c1. The van der Waals surface area contributed by atoms with Crippen LogP contribution in [0.25, 0.3) is 0 Å². The van der Waals surface area contributed by atoms with E-state index in [2.05, 4.69) is 25.2 Å². The molecule has 2 aromatic rings. The normalized spacial score (nSPS) is 13.4. The molecule has 0 aromatic heterocycles. The number of benzene rings is 2. The highest BCUT2D eigenvalue weighted by Gasteiger charge is 2.10. The minimum Gasteiger partial charge on any atom is -0.307 e. The van der Waals surface area contributed by atoms with Crippen LogP contribution in [0.15, 0.2) is 48.5 Å². The molecule has 0 spiro atoms. The quantitative estimate of drug-likeness (QED) is 0.900. The fraction of sp³-hybridized carbons (Fsp3) is 0.278. The third-order valence-electron chi connectivity index (χ3n) is 3.51. The average Bonchev–Trinajstić information content (AvgIpc) is 2.49. The van der Waals surface area contributed by atoms with Crippen molar-refractivity contribution in [1.29, 1.82) is 5.26 Å². The van der Waals surface area contributed by atoms with Gasteiger partial charge in [-0.15, -0.1) is 0 Å². The molecule has 21 heavy (non-hydrogen) atoms. The van der Waals surface area contributed by atoms with E-state index in [9.17, 15) is 4.39 Å². The van der Waals surface area contributed by atoms with Gasteiger partial charge in [-0.3, -0.25) is 0 Å². The van der Waals surface area contributed by atoms with Crippen LogP contribution in [0.1, 0.15) is 36.6 Å². The molecule has 0 heterocycles. The van der Waals surface area contributed by atoms with Crippen LogP contribution in [-0.4, -0.2) is 6.04 Å². The Morgan fingerprint density at radius 2 is 1.86 bits per heavy atom. The highest BCUT2D eigenvalue weighted by Crippen LogP contribution is 2.15. The summed E-state index contributed by atoms with van der Waals surface area (Å²) in [7, 11) is 0. The Hall–Kier alpha value is -2.18. The zero-order chi connectivity index (χ0) is 15.2. The van der Waals surface area contributed by atoms with Crippen LogP contribution in [0.3, 0.4) is 0 Å². The topological polar surface area (TPSA) is 35.8 Å². The van der Waals surface area contributed by atoms with Crippen LogP contribution in [0.4, 0.5) is 4.39 Å². The summed E-state index contributed by atoms with van der Waals surface area (Å²) in [6, 6.07) is 16.8. The summed E-state index contributed by atoms with van der Waals surface area (Å²) in [5, 5.41) is 12.4. The summed E-state index contributed by atoms with van der Waals surface area (Å²) in [5.41, 5.74) is 2.88. The molecular weight excluding hydrogens is 263 g/mol. The second-order valence-corrected chi connectivity index (χ2v) is 5.36. The first-order valence-electron chi connectivity index (χ1n) is 7.09. The molecule has 2 atom stereocenters. The Morgan fingerprint density at radius 3 is 2.52 bits per heavy atom. The lowest BCUT2D eigenvalue weighted by Gasteiger charge is -2.20. The zero-order valence-electron chi connectivity index (χ0n) is 12.3. The van der Waals surface area contributed by atoms with E-state index < -0.39 is 0 Å². The average molecular weight is 282 g/mol. The fourth-order valence-electron chi connectivity index (χ4n) is 2.43. The van der Waals surface area contributed by atoms with Crippen molar-refractivity contribution in [3.8, 4) is 6.07 Å². The minimum absolute atomic E-state index is 0.161. The molecule has 0 saturated heterocycles. The van der Waals surface area contributed by atoms with Crippen molar-refractivity contribution in [3.63, 3.8) is 0 Å². The first-order valence-corrected chi connectivity index (χ1v) is 7.09. The Bertz CT molecular complexity index is 628. The van der Waals surface area contributed by atoms with Gasteiger partial charge in [0.05, 0.1) is 11.6 Å². The van der Waals surface area contributed by atoms with Gasteiger partial charge in [0.1, 0.15) is 5.82 Å². The molecule has 0 radical (unpaired) electrons. The lowest BCUT2D eigenvalue weighted by Crippen LogP contribution is -2.30. The van der Waals surface area contributed by atoms with E-state index in [0.717, 1.165) is 17.5 Å². The van der Waals surface area contributed by atoms with Crippen molar-refractivity contribution >= 4 is 0 Å². The molecule has 1 N–H and O–H groups in total. The van der Waals surface area contributed by atoms with Crippen LogP contribution in [0.2, 0.25) is 0 Å². The maximum atomic E-state index is 12.9. The number of hydrogen-bond donors (Lipinski definition) is 1. The lowest BCUT2D eigenvalue weighted by molar-refractivity contribution is 0.477. The van der Waals surface area contributed by atoms with E-state index in [4.69, 9.17) is 5.26 Å². The second-order valence-electron chi connectivity index (χ2n) is 5.36. The van der Waals surface area contributed by atoms with E-state index in [-0.39, 0.29) is 17.9 Å². The monoisotopic (exact) mass is 282 g/mol. The van der Waals surface area contributed by atoms with Crippen molar-refractivity contribution in [3.05, 3.63) is 71.0 Å². The van der Waals surface area contributed by atoms with Crippen molar-refractivity contribution in [1.82, 2.24) is 5.32 Å². The van der Waals surface area contributed by atoms with Gasteiger partial charge in [-0.2, -0.15) is 5.26 Å². The van der Waals surface area contributed by atoms with Gasteiger partial charge in [-0.25, -0.2) is 4.39 Å². The highest BCUT2D eigenvalue weighted by atomic mass is 19.1. The Balaban J connectivity index is 1.96. The molecule has 3 heteroatoms. The zero-order valence-corrected chi connectivity index (χ0v) is 12.3. The van der Waals surface area contributed by atoms with Crippen molar-refractivity contribution in [2.45, 2.75) is 32.4 Å². The molecule has 0 aliphatic heterocycles. The Kier molecular flexibility index (Phi) is 5.08. The fourth-order valence-corrected chi connectivity index (χ4v) is 2.43. The van der Waals surface area contributed by atoms with Crippen molar-refractivity contribution in [2.75, 3.05) is 0 Å². The van der Waals surface area contributed by atoms with E-state index in [1.807, 2.05) is 30.3 Å². The lowest BCUT2D eigenvalue weighted by atomic mass is 10.0. The van der Waals surface area contributed by atoms with Gasteiger partial charge in [0.25, 0.3) is 0 Å². The van der Waals surface area contributed by atoms with E-state index in [1.165, 1.54) is 12.1 Å². The molecule has 2 nitrogen and oxygen atoms in total. The molecule has 108 valence electrons. The third kappa shape index (κ3) is 4.40. The molecule has 0 saturated carbocycles. The van der Waals surface area contributed by atoms with Gasteiger partial charge in [0.15, 0.2) is 0 Å². The van der Waals surface area contributed by atoms with Crippen LogP contribution in [0.5, 0.6) is 0 Å². The summed E-state index contributed by atoms with van der Waals surface area (Å²) in [6.07, 6.45) is 0.836. The third-order valence-corrected chi connectivity index (χ3v) is 3.51. The first-order chi connectivity index (χ1) is 10.1. The molecule has 0 amide bonds. The van der Waals surface area contributed by atoms with Gasteiger partial charge < -0.3 is 5.32 Å². The standard InChI is InChI=1S/C18H19FN2/c1-13(10-15-6-8-18(19)9-7-15)21-14(2)17-5-3-4-16(11-17)12-20/h3-9,11,13-14,21H,10H2,1-2H3. The van der Waals surface area contributed by atoms with Gasteiger partial charge >= 0.3 is 0 Å². The predicted octanol–water partition coefficient (Wildman–Crippen LogP) is 3.98. The van der Waals surface area contributed by atoms with Crippen molar-refractivity contribution < 1.29 is 4.39 Å². The summed E-state index contributed by atoms with van der Waals surface area (Å²) in [6.45, 7) is 4.19. The first kappa shape index (κ1) is 15.2. The molecule has 0 bridgehead atoms. The summed E-state index contributed by atoms with van der Waals surface area (Å²) in [5.74, 6) is -0.207. The summed E-state index contributed by atoms with van der Waals surface area (Å²) >= 11 is 0. The number of nitrogens with one attached hydrogen (secondary N) is 1. The predicted molar refractivity (Wildman–Crippen MR) is 82.3 cm³/mol. The smallest absolute Gasteiger partial charge is 0.123 e. The maximum absolute atomic E-state index is 12.9. The molecule has 0 aliphatic carbocycles. The molecule has 2 aromatic carbocycles. The summed E-state index contributed by atoms with van der Waals surface area (Å²) in [4.78, 5) is 0. The van der Waals surface area contributed by atoms with Gasteiger partial charge in [-0.1, -0.05) is 24.3 Å². The number of halogens is 1. The van der Waals surface area contributed by atoms with Gasteiger partial charge in [0.2, 0.25) is 0 Å². The molecule has 2 unspecified atom stereocenters. The summed E-state index contributed by atoms with van der Waals surface area (Å²) < 4.78 is 12.9. The van der Waals surface area contributed by atoms with Crippen LogP contribution < -0.4 is 5.32 Å². The van der Waals surface area contributed by atoms with E-state index in [1.54, 1.807) is 6.07 Å². The van der Waals surface area contributed by atoms with E-state index in [0.29, 0.717) is 5.56 Å². The number of nitriles is 1. The van der Waals surface area contributed by atoms with Gasteiger partial charge in [-0.05, 0) is 55.7 Å². The highest BCUT2D eigenvalue weighted by molar-refractivity contribution is 5.34. The van der Waals surface area contributed by atoms with Crippen LogP contribution in [0, 0.1) is 17.1 Å². The second kappa shape index (κ2) is 7.01. The largest absolute Gasteiger partial charge is 0.307 e. The number of nitrogens with zero attached hydrogens (tertiary/aromatic N) is 1. The number of hydrogen-bond acceptors (Lipinski definition) is 2. The Morgan fingerprint density at radius 1 is 1.14 bits per heavy atom. The van der Waals surface area contributed by atoms with Crippen LogP contribution in [-0.2, 0) is 6.42 Å². The van der Waals surface area contributed by atoms with E-state index >= 15 is 0 Å². The van der Waals surface area contributed by atoms with Crippen LogP contribution >= 0.6 is 0 Å². The molecule has 0 fully saturated rings. The minimum atomic E-state index is -0.207. The maximum Gasteiger partial charge on any atom is 0.123 e. The van der Waals surface area contributed by atoms with Gasteiger partial charge in [0, 0.05) is 12.1 Å². The molecular formula is C18H19FN2. The van der Waals surface area contributed by atoms with Crippen molar-refractivity contribution in [2.24, 2.45) is 0 Å². The number of rotatable bonds is 5. The Labute approximate surface area is 125 Å².